The number of hydrogen-bond donors (Lipinski definition) is 1. The Hall–Kier alpha value is -0.540. The Bertz CT molecular complexity index is 468. The highest BCUT2D eigenvalue weighted by atomic mass is 79.9. The summed E-state index contributed by atoms with van der Waals surface area (Å²) in [6.07, 6.45) is 9.50. The molecule has 1 aliphatic carbocycles. The number of benzene rings is 1. The van der Waals surface area contributed by atoms with Crippen molar-refractivity contribution in [2.24, 2.45) is 0 Å². The van der Waals surface area contributed by atoms with Crippen LogP contribution in [0.1, 0.15) is 50.5 Å². The van der Waals surface area contributed by atoms with Crippen molar-refractivity contribution in [1.29, 1.82) is 0 Å². The van der Waals surface area contributed by atoms with E-state index < -0.39 is 0 Å². The van der Waals surface area contributed by atoms with E-state index in [0.717, 1.165) is 6.54 Å². The largest absolute Gasteiger partial charge is 0.382 e. The maximum atomic E-state index is 6.41. The Morgan fingerprint density at radius 3 is 2.85 bits per heavy atom. The fraction of sp³-hybridized carbons (Fsp3) is 0.647. The van der Waals surface area contributed by atoms with E-state index in [1.807, 2.05) is 0 Å². The zero-order chi connectivity index (χ0) is 14.0. The first-order valence-electron chi connectivity index (χ1n) is 7.85. The first kappa shape index (κ1) is 14.4. The highest BCUT2D eigenvalue weighted by molar-refractivity contribution is 9.10. The molecule has 2 fully saturated rings. The van der Waals surface area contributed by atoms with Crippen LogP contribution >= 0.6 is 15.9 Å². The Morgan fingerprint density at radius 2 is 2.05 bits per heavy atom. The second-order valence-electron chi connectivity index (χ2n) is 6.32. The maximum Gasteiger partial charge on any atom is 0.0756 e. The van der Waals surface area contributed by atoms with Crippen LogP contribution in [-0.2, 0) is 4.74 Å². The van der Waals surface area contributed by atoms with Crippen molar-refractivity contribution in [3.05, 3.63) is 28.2 Å². The highest BCUT2D eigenvalue weighted by Crippen LogP contribution is 2.41. The Morgan fingerprint density at radius 1 is 1.25 bits per heavy atom. The minimum atomic E-state index is 0.233. The van der Waals surface area contributed by atoms with Gasteiger partial charge < -0.3 is 10.1 Å². The van der Waals surface area contributed by atoms with Gasteiger partial charge in [0.15, 0.2) is 0 Å². The molecule has 0 aromatic heterocycles. The molecule has 0 amide bonds. The second kappa shape index (κ2) is 6.07. The van der Waals surface area contributed by atoms with E-state index in [1.165, 1.54) is 60.7 Å². The van der Waals surface area contributed by atoms with Gasteiger partial charge in [-0.05, 0) is 50.3 Å². The van der Waals surface area contributed by atoms with Gasteiger partial charge in [0.25, 0.3) is 0 Å². The average molecular weight is 338 g/mol. The van der Waals surface area contributed by atoms with Gasteiger partial charge in [-0.3, -0.25) is 0 Å². The third-order valence-corrected chi connectivity index (χ3v) is 5.75. The van der Waals surface area contributed by atoms with Crippen LogP contribution < -0.4 is 5.32 Å². The van der Waals surface area contributed by atoms with Crippen LogP contribution in [0, 0.1) is 6.92 Å². The Kier molecular flexibility index (Phi) is 4.37. The van der Waals surface area contributed by atoms with Crippen molar-refractivity contribution >= 4 is 21.6 Å². The van der Waals surface area contributed by atoms with Crippen LogP contribution in [-0.4, -0.2) is 18.2 Å². The Balaban J connectivity index is 1.56. The zero-order valence-electron chi connectivity index (χ0n) is 12.3. The molecule has 1 aromatic rings. The van der Waals surface area contributed by atoms with Gasteiger partial charge in [-0.1, -0.05) is 41.3 Å². The van der Waals surface area contributed by atoms with Crippen LogP contribution in [0.4, 0.5) is 5.69 Å². The summed E-state index contributed by atoms with van der Waals surface area (Å²) < 4.78 is 7.57. The molecule has 2 aliphatic rings. The van der Waals surface area contributed by atoms with Gasteiger partial charge in [0, 0.05) is 16.7 Å². The maximum absolute atomic E-state index is 6.41. The molecule has 1 saturated heterocycles. The molecule has 110 valence electrons. The van der Waals surface area contributed by atoms with E-state index in [-0.39, 0.29) is 5.60 Å². The molecule has 2 nitrogen and oxygen atoms in total. The standard InChI is InChI=1S/C17H24BrNO/c1-13-15(18)6-5-7-16(13)19-12-14-8-11-17(20-14)9-3-2-4-10-17/h5-7,14,19H,2-4,8-12H2,1H3. The predicted octanol–water partition coefficient (Wildman–Crippen LogP) is 5.05. The second-order valence-corrected chi connectivity index (χ2v) is 7.17. The van der Waals surface area contributed by atoms with E-state index >= 15 is 0 Å². The summed E-state index contributed by atoms with van der Waals surface area (Å²) in [5, 5.41) is 3.56. The summed E-state index contributed by atoms with van der Waals surface area (Å²) in [7, 11) is 0. The summed E-state index contributed by atoms with van der Waals surface area (Å²) in [6, 6.07) is 6.31. The molecule has 0 bridgehead atoms. The fourth-order valence-corrected chi connectivity index (χ4v) is 3.99. The highest BCUT2D eigenvalue weighted by Gasteiger charge is 2.40. The molecule has 0 radical (unpaired) electrons. The van der Waals surface area contributed by atoms with Gasteiger partial charge in [0.1, 0.15) is 0 Å². The van der Waals surface area contributed by atoms with E-state index in [1.54, 1.807) is 0 Å². The van der Waals surface area contributed by atoms with Crippen molar-refractivity contribution in [3.63, 3.8) is 0 Å². The van der Waals surface area contributed by atoms with E-state index in [9.17, 15) is 0 Å². The van der Waals surface area contributed by atoms with Gasteiger partial charge in [-0.2, -0.15) is 0 Å². The summed E-state index contributed by atoms with van der Waals surface area (Å²) >= 11 is 3.59. The lowest BCUT2D eigenvalue weighted by Crippen LogP contribution is -2.33. The van der Waals surface area contributed by atoms with Crippen LogP contribution in [0.25, 0.3) is 0 Å². The molecule has 1 unspecified atom stereocenters. The molecular formula is C17H24BrNO. The van der Waals surface area contributed by atoms with Gasteiger partial charge in [-0.25, -0.2) is 0 Å². The summed E-state index contributed by atoms with van der Waals surface area (Å²) in [5.74, 6) is 0. The van der Waals surface area contributed by atoms with E-state index in [0.29, 0.717) is 6.10 Å². The molecule has 3 heteroatoms. The third kappa shape index (κ3) is 3.04. The third-order valence-electron chi connectivity index (χ3n) is 4.89. The van der Waals surface area contributed by atoms with Crippen LogP contribution in [0.3, 0.4) is 0 Å². The number of anilines is 1. The van der Waals surface area contributed by atoms with Gasteiger partial charge in [0.2, 0.25) is 0 Å². The summed E-state index contributed by atoms with van der Waals surface area (Å²) in [4.78, 5) is 0. The average Bonchev–Trinajstić information content (AvgIpc) is 2.84. The summed E-state index contributed by atoms with van der Waals surface area (Å²) in [6.45, 7) is 3.07. The SMILES string of the molecule is Cc1c(Br)cccc1NCC1CCC2(CCCCC2)O1. The molecule has 1 N–H and O–H groups in total. The first-order chi connectivity index (χ1) is 9.69. The lowest BCUT2D eigenvalue weighted by molar-refractivity contribution is -0.0588. The zero-order valence-corrected chi connectivity index (χ0v) is 13.8. The van der Waals surface area contributed by atoms with Crippen LogP contribution in [0.2, 0.25) is 0 Å². The summed E-state index contributed by atoms with van der Waals surface area (Å²) in [5.41, 5.74) is 2.72. The molecule has 1 atom stereocenters. The number of hydrogen-bond acceptors (Lipinski definition) is 2. The lowest BCUT2D eigenvalue weighted by atomic mass is 9.83. The number of rotatable bonds is 3. The van der Waals surface area contributed by atoms with Crippen molar-refractivity contribution < 1.29 is 4.74 Å². The molecule has 1 aromatic carbocycles. The molecule has 1 saturated carbocycles. The fourth-order valence-electron chi connectivity index (χ4n) is 3.63. The predicted molar refractivity (Wildman–Crippen MR) is 87.3 cm³/mol. The topological polar surface area (TPSA) is 21.3 Å². The number of ether oxygens (including phenoxy) is 1. The molecule has 1 spiro atoms. The quantitative estimate of drug-likeness (QED) is 0.833. The molecule has 1 aliphatic heterocycles. The molecule has 20 heavy (non-hydrogen) atoms. The van der Waals surface area contributed by atoms with Gasteiger partial charge in [0.05, 0.1) is 11.7 Å². The van der Waals surface area contributed by atoms with Crippen molar-refractivity contribution in [2.45, 2.75) is 63.6 Å². The lowest BCUT2D eigenvalue weighted by Gasteiger charge is -2.33. The van der Waals surface area contributed by atoms with Crippen molar-refractivity contribution in [2.75, 3.05) is 11.9 Å². The van der Waals surface area contributed by atoms with E-state index in [2.05, 4.69) is 46.4 Å². The minimum absolute atomic E-state index is 0.233. The van der Waals surface area contributed by atoms with Crippen LogP contribution in [0.15, 0.2) is 22.7 Å². The minimum Gasteiger partial charge on any atom is -0.382 e. The van der Waals surface area contributed by atoms with Crippen LogP contribution in [0.5, 0.6) is 0 Å². The first-order valence-corrected chi connectivity index (χ1v) is 8.65. The molecular weight excluding hydrogens is 314 g/mol. The number of nitrogens with one attached hydrogen (secondary N) is 1. The Labute approximate surface area is 130 Å². The van der Waals surface area contributed by atoms with Gasteiger partial charge >= 0.3 is 0 Å². The van der Waals surface area contributed by atoms with Crippen molar-refractivity contribution in [1.82, 2.24) is 0 Å². The monoisotopic (exact) mass is 337 g/mol. The molecule has 1 heterocycles. The van der Waals surface area contributed by atoms with Crippen molar-refractivity contribution in [3.8, 4) is 0 Å². The normalized spacial score (nSPS) is 25.0. The smallest absolute Gasteiger partial charge is 0.0756 e. The van der Waals surface area contributed by atoms with E-state index in [4.69, 9.17) is 4.74 Å². The molecule has 3 rings (SSSR count). The van der Waals surface area contributed by atoms with Gasteiger partial charge in [-0.15, -0.1) is 0 Å². The number of halogens is 1.